The second kappa shape index (κ2) is 6.37. The van der Waals surface area contributed by atoms with Gasteiger partial charge in [0.1, 0.15) is 11.7 Å². The molecular weight excluding hydrogens is 268 g/mol. The predicted molar refractivity (Wildman–Crippen MR) is 79.6 cm³/mol. The van der Waals surface area contributed by atoms with Gasteiger partial charge in [-0.25, -0.2) is 0 Å². The fourth-order valence-electron chi connectivity index (χ4n) is 3.81. The lowest BCUT2D eigenvalue weighted by molar-refractivity contribution is -0.175. The van der Waals surface area contributed by atoms with Gasteiger partial charge in [0, 0.05) is 6.92 Å². The van der Waals surface area contributed by atoms with Crippen LogP contribution in [0.15, 0.2) is 0 Å². The van der Waals surface area contributed by atoms with E-state index in [2.05, 4.69) is 0 Å². The van der Waals surface area contributed by atoms with Crippen molar-refractivity contribution in [1.82, 2.24) is 0 Å². The Labute approximate surface area is 127 Å². The molecule has 0 saturated heterocycles. The van der Waals surface area contributed by atoms with E-state index < -0.39 is 5.60 Å². The van der Waals surface area contributed by atoms with Gasteiger partial charge in [-0.15, -0.1) is 0 Å². The van der Waals surface area contributed by atoms with Gasteiger partial charge in [-0.2, -0.15) is 0 Å². The maximum absolute atomic E-state index is 12.5. The molecule has 0 radical (unpaired) electrons. The highest BCUT2D eigenvalue weighted by molar-refractivity contribution is 5.75. The van der Waals surface area contributed by atoms with Gasteiger partial charge in [-0.05, 0) is 45.4 Å². The fraction of sp³-hybridized carbons (Fsp3) is 0.882. The van der Waals surface area contributed by atoms with Crippen LogP contribution in [0.25, 0.3) is 0 Å². The summed E-state index contributed by atoms with van der Waals surface area (Å²) in [6.07, 6.45) is 6.20. The molecule has 4 unspecified atom stereocenters. The average Bonchev–Trinajstić information content (AvgIpc) is 2.35. The lowest BCUT2D eigenvalue weighted by Crippen LogP contribution is -2.44. The molecule has 0 N–H and O–H groups in total. The number of hydrogen-bond donors (Lipinski definition) is 0. The summed E-state index contributed by atoms with van der Waals surface area (Å²) in [5.74, 6) is 0.373. The number of rotatable bonds is 2. The molecule has 21 heavy (non-hydrogen) atoms. The molecular formula is C17H28O4. The molecule has 4 atom stereocenters. The number of fused-ring (bicyclic) bond motifs is 1. The molecule has 0 aliphatic heterocycles. The van der Waals surface area contributed by atoms with E-state index in [1.54, 1.807) is 0 Å². The summed E-state index contributed by atoms with van der Waals surface area (Å²) in [7, 11) is 0. The zero-order chi connectivity index (χ0) is 15.6. The molecule has 4 heteroatoms. The second-order valence-corrected chi connectivity index (χ2v) is 7.56. The number of ether oxygens (including phenoxy) is 2. The Morgan fingerprint density at radius 2 is 1.57 bits per heavy atom. The summed E-state index contributed by atoms with van der Waals surface area (Å²) < 4.78 is 11.0. The second-order valence-electron chi connectivity index (χ2n) is 7.56. The first-order chi connectivity index (χ1) is 9.76. The summed E-state index contributed by atoms with van der Waals surface area (Å²) in [6, 6.07) is 0. The van der Waals surface area contributed by atoms with E-state index in [1.165, 1.54) is 32.6 Å². The smallest absolute Gasteiger partial charge is 0.313 e. The van der Waals surface area contributed by atoms with Crippen molar-refractivity contribution in [3.05, 3.63) is 0 Å². The van der Waals surface area contributed by atoms with Crippen molar-refractivity contribution in [2.24, 2.45) is 17.8 Å². The van der Waals surface area contributed by atoms with Crippen molar-refractivity contribution in [2.75, 3.05) is 0 Å². The van der Waals surface area contributed by atoms with Crippen LogP contribution in [-0.2, 0) is 19.1 Å². The number of carbonyl (C=O) groups is 2. The molecule has 2 rings (SSSR count). The minimum absolute atomic E-state index is 0.210. The first-order valence-corrected chi connectivity index (χ1v) is 8.16. The van der Waals surface area contributed by atoms with Crippen LogP contribution in [0, 0.1) is 17.8 Å². The Bertz CT molecular complexity index is 396. The van der Waals surface area contributed by atoms with Crippen LogP contribution in [0.1, 0.15) is 66.2 Å². The fourth-order valence-corrected chi connectivity index (χ4v) is 3.81. The van der Waals surface area contributed by atoms with Crippen molar-refractivity contribution < 1.29 is 19.1 Å². The number of carbonyl (C=O) groups excluding carboxylic acids is 2. The van der Waals surface area contributed by atoms with Gasteiger partial charge in [0.15, 0.2) is 0 Å². The van der Waals surface area contributed by atoms with Crippen molar-refractivity contribution >= 4 is 11.9 Å². The molecule has 2 aliphatic rings. The quantitative estimate of drug-likeness (QED) is 0.732. The Morgan fingerprint density at radius 1 is 1.00 bits per heavy atom. The monoisotopic (exact) mass is 296 g/mol. The van der Waals surface area contributed by atoms with Crippen molar-refractivity contribution in [1.29, 1.82) is 0 Å². The van der Waals surface area contributed by atoms with Gasteiger partial charge in [0.25, 0.3) is 0 Å². The summed E-state index contributed by atoms with van der Waals surface area (Å²) in [5, 5.41) is 0. The van der Waals surface area contributed by atoms with Crippen molar-refractivity contribution in [2.45, 2.75) is 77.9 Å². The number of hydrogen-bond acceptors (Lipinski definition) is 4. The standard InChI is InChI=1S/C17H28O4/c1-11(18)20-15-10-13-8-6-5-7-12(13)9-14(15)16(19)21-17(2,3)4/h12-15H,5-10H2,1-4H3. The van der Waals surface area contributed by atoms with Gasteiger partial charge in [0.2, 0.25) is 0 Å². The molecule has 0 aromatic carbocycles. The average molecular weight is 296 g/mol. The Kier molecular flexibility index (Phi) is 4.95. The molecule has 4 nitrogen and oxygen atoms in total. The predicted octanol–water partition coefficient (Wildman–Crippen LogP) is 3.48. The molecule has 0 bridgehead atoms. The minimum Gasteiger partial charge on any atom is -0.462 e. The van der Waals surface area contributed by atoms with Gasteiger partial charge >= 0.3 is 11.9 Å². The summed E-state index contributed by atoms with van der Waals surface area (Å²) in [6.45, 7) is 7.03. The molecule has 2 saturated carbocycles. The number of esters is 2. The van der Waals surface area contributed by atoms with E-state index in [0.717, 1.165) is 12.8 Å². The van der Waals surface area contributed by atoms with E-state index in [0.29, 0.717) is 11.8 Å². The molecule has 2 fully saturated rings. The van der Waals surface area contributed by atoms with E-state index in [1.807, 2.05) is 20.8 Å². The van der Waals surface area contributed by atoms with E-state index >= 15 is 0 Å². The molecule has 2 aliphatic carbocycles. The van der Waals surface area contributed by atoms with Crippen LogP contribution in [-0.4, -0.2) is 23.6 Å². The zero-order valence-electron chi connectivity index (χ0n) is 13.7. The molecule has 0 spiro atoms. The van der Waals surface area contributed by atoms with Crippen LogP contribution in [0.5, 0.6) is 0 Å². The third-order valence-corrected chi connectivity index (χ3v) is 4.63. The van der Waals surface area contributed by atoms with Crippen LogP contribution < -0.4 is 0 Å². The first kappa shape index (κ1) is 16.3. The summed E-state index contributed by atoms with van der Waals surface area (Å²) in [4.78, 5) is 23.8. The maximum atomic E-state index is 12.5. The highest BCUT2D eigenvalue weighted by Gasteiger charge is 2.44. The van der Waals surface area contributed by atoms with Gasteiger partial charge in [-0.1, -0.05) is 25.7 Å². The van der Waals surface area contributed by atoms with Crippen molar-refractivity contribution in [3.63, 3.8) is 0 Å². The molecule has 0 aromatic rings. The van der Waals surface area contributed by atoms with Gasteiger partial charge in [0.05, 0.1) is 5.92 Å². The van der Waals surface area contributed by atoms with Gasteiger partial charge < -0.3 is 9.47 Å². The summed E-state index contributed by atoms with van der Waals surface area (Å²) in [5.41, 5.74) is -0.499. The summed E-state index contributed by atoms with van der Waals surface area (Å²) >= 11 is 0. The lowest BCUT2D eigenvalue weighted by Gasteiger charge is -2.42. The largest absolute Gasteiger partial charge is 0.462 e. The maximum Gasteiger partial charge on any atom is 0.313 e. The van der Waals surface area contributed by atoms with E-state index in [-0.39, 0.29) is 24.0 Å². The van der Waals surface area contributed by atoms with Crippen LogP contribution in [0.3, 0.4) is 0 Å². The highest BCUT2D eigenvalue weighted by Crippen LogP contribution is 2.44. The SMILES string of the molecule is CC(=O)OC1CC2CCCCC2CC1C(=O)OC(C)(C)C. The Morgan fingerprint density at radius 3 is 2.10 bits per heavy atom. The molecule has 0 heterocycles. The van der Waals surface area contributed by atoms with Crippen LogP contribution >= 0.6 is 0 Å². The molecule has 120 valence electrons. The third kappa shape index (κ3) is 4.45. The highest BCUT2D eigenvalue weighted by atomic mass is 16.6. The normalized spacial score (nSPS) is 33.0. The van der Waals surface area contributed by atoms with Crippen LogP contribution in [0.2, 0.25) is 0 Å². The van der Waals surface area contributed by atoms with Crippen molar-refractivity contribution in [3.8, 4) is 0 Å². The first-order valence-electron chi connectivity index (χ1n) is 8.16. The molecule has 0 amide bonds. The lowest BCUT2D eigenvalue weighted by atomic mass is 9.66. The van der Waals surface area contributed by atoms with E-state index in [9.17, 15) is 9.59 Å². The molecule has 0 aromatic heterocycles. The topological polar surface area (TPSA) is 52.6 Å². The van der Waals surface area contributed by atoms with Gasteiger partial charge in [-0.3, -0.25) is 9.59 Å². The Balaban J connectivity index is 2.10. The zero-order valence-corrected chi connectivity index (χ0v) is 13.7. The van der Waals surface area contributed by atoms with Crippen LogP contribution in [0.4, 0.5) is 0 Å². The Hall–Kier alpha value is -1.06. The minimum atomic E-state index is -0.499. The third-order valence-electron chi connectivity index (χ3n) is 4.63. The van der Waals surface area contributed by atoms with E-state index in [4.69, 9.17) is 9.47 Å².